The van der Waals surface area contributed by atoms with Crippen molar-refractivity contribution in [3.8, 4) is 0 Å². The summed E-state index contributed by atoms with van der Waals surface area (Å²) >= 11 is 0. The highest BCUT2D eigenvalue weighted by molar-refractivity contribution is 5.96. The van der Waals surface area contributed by atoms with Crippen molar-refractivity contribution in [1.29, 1.82) is 0 Å². The Balaban J connectivity index is 1.50. The zero-order valence-corrected chi connectivity index (χ0v) is 24.4. The standard InChI is InChI=1S/C33H36N6O6/c34-24(15-20-9-3-1-4-10-20)30(41)37-27(18-29(35)40)32(43)38-26(16-21-11-5-2-6-12-21)31(42)39-28(33(44)45)17-22-19-36-25-14-8-7-13-23(22)25/h1-14,19,24,26-28,36H,15-18,34H2,(H2,35,40)(H,37,41)(H,38,43)(H,39,42)(H,44,45). The van der Waals surface area contributed by atoms with Crippen LogP contribution in [0.1, 0.15) is 23.1 Å². The lowest BCUT2D eigenvalue weighted by Gasteiger charge is -2.25. The number of carbonyl (C=O) groups is 5. The molecule has 1 heterocycles. The van der Waals surface area contributed by atoms with Crippen molar-refractivity contribution < 1.29 is 29.1 Å². The highest BCUT2D eigenvalue weighted by Crippen LogP contribution is 2.19. The maximum Gasteiger partial charge on any atom is 0.326 e. The van der Waals surface area contributed by atoms with E-state index < -0.39 is 60.2 Å². The summed E-state index contributed by atoms with van der Waals surface area (Å²) in [7, 11) is 0. The van der Waals surface area contributed by atoms with Gasteiger partial charge in [0.25, 0.3) is 0 Å². The lowest BCUT2D eigenvalue weighted by atomic mass is 10.0. The number of aliphatic carboxylic acids is 1. The molecule has 0 fully saturated rings. The molecule has 234 valence electrons. The van der Waals surface area contributed by atoms with Crippen molar-refractivity contribution in [2.75, 3.05) is 0 Å². The molecule has 12 nitrogen and oxygen atoms in total. The molecule has 45 heavy (non-hydrogen) atoms. The van der Waals surface area contributed by atoms with Gasteiger partial charge in [0, 0.05) is 29.9 Å². The number of para-hydroxylation sites is 1. The summed E-state index contributed by atoms with van der Waals surface area (Å²) in [5.41, 5.74) is 14.4. The summed E-state index contributed by atoms with van der Waals surface area (Å²) in [4.78, 5) is 67.1. The molecule has 0 saturated carbocycles. The molecule has 4 unspecified atom stereocenters. The van der Waals surface area contributed by atoms with Crippen molar-refractivity contribution in [1.82, 2.24) is 20.9 Å². The molecule has 0 bridgehead atoms. The van der Waals surface area contributed by atoms with E-state index in [0.717, 1.165) is 16.5 Å². The van der Waals surface area contributed by atoms with E-state index in [0.29, 0.717) is 11.1 Å². The summed E-state index contributed by atoms with van der Waals surface area (Å²) in [6, 6.07) is 20.2. The number of aromatic nitrogens is 1. The van der Waals surface area contributed by atoms with Crippen molar-refractivity contribution in [3.63, 3.8) is 0 Å². The quantitative estimate of drug-likeness (QED) is 0.103. The van der Waals surface area contributed by atoms with E-state index in [9.17, 15) is 29.1 Å². The smallest absolute Gasteiger partial charge is 0.326 e. The first-order chi connectivity index (χ1) is 21.6. The molecular weight excluding hydrogens is 576 g/mol. The van der Waals surface area contributed by atoms with Gasteiger partial charge in [-0.1, -0.05) is 78.9 Å². The zero-order valence-electron chi connectivity index (χ0n) is 24.4. The lowest BCUT2D eigenvalue weighted by molar-refractivity contribution is -0.142. The number of nitrogens with two attached hydrogens (primary N) is 2. The van der Waals surface area contributed by atoms with Gasteiger partial charge in [-0.15, -0.1) is 0 Å². The van der Waals surface area contributed by atoms with Gasteiger partial charge in [-0.2, -0.15) is 0 Å². The third-order valence-electron chi connectivity index (χ3n) is 7.30. The van der Waals surface area contributed by atoms with E-state index >= 15 is 0 Å². The van der Waals surface area contributed by atoms with E-state index in [1.807, 2.05) is 30.3 Å². The molecule has 4 amide bonds. The highest BCUT2D eigenvalue weighted by Gasteiger charge is 2.31. The zero-order chi connectivity index (χ0) is 32.3. The van der Waals surface area contributed by atoms with Crippen LogP contribution in [0.15, 0.2) is 91.1 Å². The summed E-state index contributed by atoms with van der Waals surface area (Å²) in [6.07, 6.45) is 1.31. The predicted octanol–water partition coefficient (Wildman–Crippen LogP) is 0.938. The molecule has 0 spiro atoms. The second kappa shape index (κ2) is 15.3. The maximum atomic E-state index is 13.6. The second-order valence-electron chi connectivity index (χ2n) is 10.7. The van der Waals surface area contributed by atoms with Crippen LogP contribution in [-0.2, 0) is 43.2 Å². The van der Waals surface area contributed by atoms with Gasteiger partial charge in [0.15, 0.2) is 0 Å². The number of H-pyrrole nitrogens is 1. The van der Waals surface area contributed by atoms with Crippen LogP contribution in [0.25, 0.3) is 10.9 Å². The summed E-state index contributed by atoms with van der Waals surface area (Å²) in [6.45, 7) is 0. The van der Waals surface area contributed by atoms with Gasteiger partial charge in [0.2, 0.25) is 23.6 Å². The number of primary amides is 1. The average Bonchev–Trinajstić information content (AvgIpc) is 3.43. The number of rotatable bonds is 15. The first kappa shape index (κ1) is 32.4. The number of amides is 4. The van der Waals surface area contributed by atoms with Crippen LogP contribution in [0, 0.1) is 0 Å². The Labute approximate surface area is 259 Å². The largest absolute Gasteiger partial charge is 0.480 e. The number of carboxylic acid groups (broad SMARTS) is 1. The van der Waals surface area contributed by atoms with Gasteiger partial charge >= 0.3 is 5.97 Å². The Hall–Kier alpha value is -5.49. The van der Waals surface area contributed by atoms with Crippen LogP contribution in [0.2, 0.25) is 0 Å². The van der Waals surface area contributed by atoms with Gasteiger partial charge in [0.1, 0.15) is 18.1 Å². The fourth-order valence-corrected chi connectivity index (χ4v) is 4.97. The van der Waals surface area contributed by atoms with Gasteiger partial charge in [-0.3, -0.25) is 19.2 Å². The molecule has 4 aromatic rings. The van der Waals surface area contributed by atoms with Crippen molar-refractivity contribution in [2.24, 2.45) is 11.5 Å². The predicted molar refractivity (Wildman–Crippen MR) is 168 cm³/mol. The Morgan fingerprint density at radius 2 is 1.20 bits per heavy atom. The van der Waals surface area contributed by atoms with Crippen molar-refractivity contribution in [3.05, 3.63) is 108 Å². The van der Waals surface area contributed by atoms with E-state index in [1.165, 1.54) is 0 Å². The van der Waals surface area contributed by atoms with Crippen LogP contribution >= 0.6 is 0 Å². The van der Waals surface area contributed by atoms with E-state index in [-0.39, 0.29) is 19.3 Å². The number of carbonyl (C=O) groups excluding carboxylic acids is 4. The number of carboxylic acids is 1. The molecular formula is C33H36N6O6. The molecule has 4 atom stereocenters. The molecule has 3 aromatic carbocycles. The van der Waals surface area contributed by atoms with Gasteiger partial charge in [0.05, 0.1) is 12.5 Å². The Kier molecular flexibility index (Phi) is 11.0. The molecule has 9 N–H and O–H groups in total. The molecule has 0 aliphatic carbocycles. The van der Waals surface area contributed by atoms with Crippen LogP contribution in [0.5, 0.6) is 0 Å². The topological polar surface area (TPSA) is 209 Å². The SMILES string of the molecule is NC(=O)CC(NC(=O)C(N)Cc1ccccc1)C(=O)NC(Cc1ccccc1)C(=O)NC(Cc1c[nH]c2ccccc12)C(=O)O. The first-order valence-electron chi connectivity index (χ1n) is 14.4. The highest BCUT2D eigenvalue weighted by atomic mass is 16.4. The van der Waals surface area contributed by atoms with Crippen LogP contribution in [0.4, 0.5) is 0 Å². The maximum absolute atomic E-state index is 13.6. The number of aromatic amines is 1. The summed E-state index contributed by atoms with van der Waals surface area (Å²) in [5, 5.41) is 18.4. The Bertz CT molecular complexity index is 1640. The molecule has 0 aliphatic heterocycles. The van der Waals surface area contributed by atoms with Crippen molar-refractivity contribution >= 4 is 40.5 Å². The Morgan fingerprint density at radius 1 is 0.667 bits per heavy atom. The number of hydrogen-bond acceptors (Lipinski definition) is 6. The van der Waals surface area contributed by atoms with Gasteiger partial charge in [-0.05, 0) is 29.2 Å². The van der Waals surface area contributed by atoms with E-state index in [2.05, 4.69) is 20.9 Å². The molecule has 0 saturated heterocycles. The van der Waals surface area contributed by atoms with Crippen molar-refractivity contribution in [2.45, 2.75) is 49.9 Å². The number of nitrogens with one attached hydrogen (secondary N) is 4. The molecule has 12 heteroatoms. The minimum absolute atomic E-state index is 0.00258. The average molecular weight is 613 g/mol. The fourth-order valence-electron chi connectivity index (χ4n) is 4.97. The molecule has 0 aliphatic rings. The number of benzene rings is 3. The Morgan fingerprint density at radius 3 is 1.82 bits per heavy atom. The number of hydrogen-bond donors (Lipinski definition) is 7. The molecule has 1 aromatic heterocycles. The normalized spacial score (nSPS) is 13.6. The van der Waals surface area contributed by atoms with E-state index in [1.54, 1.807) is 60.8 Å². The summed E-state index contributed by atoms with van der Waals surface area (Å²) < 4.78 is 0. The van der Waals surface area contributed by atoms with Crippen LogP contribution in [-0.4, -0.2) is 63.9 Å². The lowest BCUT2D eigenvalue weighted by Crippen LogP contribution is -2.58. The summed E-state index contributed by atoms with van der Waals surface area (Å²) in [5.74, 6) is -4.42. The minimum Gasteiger partial charge on any atom is -0.480 e. The third-order valence-corrected chi connectivity index (χ3v) is 7.30. The van der Waals surface area contributed by atoms with Gasteiger partial charge < -0.3 is 37.5 Å². The van der Waals surface area contributed by atoms with Gasteiger partial charge in [-0.25, -0.2) is 4.79 Å². The minimum atomic E-state index is -1.43. The monoisotopic (exact) mass is 612 g/mol. The molecule has 4 rings (SSSR count). The second-order valence-corrected chi connectivity index (χ2v) is 10.7. The van der Waals surface area contributed by atoms with Crippen LogP contribution in [0.3, 0.4) is 0 Å². The third kappa shape index (κ3) is 9.25. The fraction of sp³-hybridized carbons (Fsp3) is 0.242. The first-order valence-corrected chi connectivity index (χ1v) is 14.4. The van der Waals surface area contributed by atoms with Crippen LogP contribution < -0.4 is 27.4 Å². The van der Waals surface area contributed by atoms with E-state index in [4.69, 9.17) is 11.5 Å². The number of fused-ring (bicyclic) bond motifs is 1. The molecule has 0 radical (unpaired) electrons.